The largest absolute Gasteiger partial charge is 0.490 e. The predicted octanol–water partition coefficient (Wildman–Crippen LogP) is 5.21. The van der Waals surface area contributed by atoms with Gasteiger partial charge >= 0.3 is 0 Å². The lowest BCUT2D eigenvalue weighted by molar-refractivity contribution is -0.118. The van der Waals surface area contributed by atoms with Crippen LogP contribution in [0.2, 0.25) is 0 Å². The number of ether oxygens (including phenoxy) is 1. The molecule has 2 saturated carbocycles. The summed E-state index contributed by atoms with van der Waals surface area (Å²) in [5.41, 5.74) is 1.72. The number of rotatable bonds is 2. The van der Waals surface area contributed by atoms with Crippen molar-refractivity contribution in [2.45, 2.75) is 58.5 Å². The van der Waals surface area contributed by atoms with Crippen LogP contribution in [-0.2, 0) is 4.79 Å². The molecule has 0 spiro atoms. The van der Waals surface area contributed by atoms with E-state index in [0.29, 0.717) is 29.6 Å². The fourth-order valence-corrected chi connectivity index (χ4v) is 7.36. The molecule has 3 nitrogen and oxygen atoms in total. The van der Waals surface area contributed by atoms with E-state index in [9.17, 15) is 9.18 Å². The molecule has 4 aliphatic rings. The molecule has 1 aromatic rings. The fraction of sp³-hybridized carbons (Fsp3) is 0.640. The van der Waals surface area contributed by atoms with E-state index in [1.165, 1.54) is 30.7 Å². The lowest BCUT2D eigenvalue weighted by Gasteiger charge is -2.59. The smallest absolute Gasteiger partial charge is 0.157 e. The minimum absolute atomic E-state index is 0.128. The van der Waals surface area contributed by atoms with E-state index < -0.39 is 0 Å². The minimum atomic E-state index is -0.222. The molecular formula is C25H32FNO2. The van der Waals surface area contributed by atoms with Crippen LogP contribution in [-0.4, -0.2) is 30.4 Å². The summed E-state index contributed by atoms with van der Waals surface area (Å²) >= 11 is 0. The van der Waals surface area contributed by atoms with Gasteiger partial charge in [0.1, 0.15) is 11.6 Å². The monoisotopic (exact) mass is 397 g/mol. The van der Waals surface area contributed by atoms with Crippen LogP contribution in [0.4, 0.5) is 4.39 Å². The van der Waals surface area contributed by atoms with Crippen molar-refractivity contribution < 1.29 is 13.9 Å². The van der Waals surface area contributed by atoms with E-state index in [1.807, 2.05) is 6.08 Å². The van der Waals surface area contributed by atoms with Gasteiger partial charge in [0, 0.05) is 37.2 Å². The standard InChI is InChI=1S/C25H32FNO2/c1-24-10-9-21-20(15-27(3)23-12-17(28)8-11-25(21,23)2)22(24)13-19(14-24)29-18-6-4-16(26)5-7-18/h4-7,12,19-22H,8-11,13-15H2,1-3H3/t19?,20-,21-,22+,24-,25-/m1/s1. The summed E-state index contributed by atoms with van der Waals surface area (Å²) in [6.07, 6.45) is 8.47. The zero-order valence-electron chi connectivity index (χ0n) is 17.8. The molecule has 3 aliphatic carbocycles. The molecular weight excluding hydrogens is 365 g/mol. The van der Waals surface area contributed by atoms with E-state index >= 15 is 0 Å². The Kier molecular flexibility index (Phi) is 4.34. The Morgan fingerprint density at radius 1 is 1.14 bits per heavy atom. The Hall–Kier alpha value is -1.84. The van der Waals surface area contributed by atoms with Gasteiger partial charge in [-0.3, -0.25) is 4.79 Å². The van der Waals surface area contributed by atoms with Crippen LogP contribution in [0, 0.1) is 34.4 Å². The average Bonchev–Trinajstić information content (AvgIpc) is 3.01. The Balaban J connectivity index is 1.39. The molecule has 1 aliphatic heterocycles. The first-order valence-electron chi connectivity index (χ1n) is 11.2. The van der Waals surface area contributed by atoms with Crippen molar-refractivity contribution in [2.24, 2.45) is 28.6 Å². The molecule has 5 rings (SSSR count). The van der Waals surface area contributed by atoms with Crippen LogP contribution in [0.1, 0.15) is 52.4 Å². The number of benzene rings is 1. The highest BCUT2D eigenvalue weighted by atomic mass is 19.1. The third-order valence-corrected chi connectivity index (χ3v) is 8.77. The van der Waals surface area contributed by atoms with E-state index in [4.69, 9.17) is 4.74 Å². The van der Waals surface area contributed by atoms with Crippen LogP contribution in [0.15, 0.2) is 36.0 Å². The first-order chi connectivity index (χ1) is 13.8. The molecule has 1 unspecified atom stereocenters. The molecule has 4 heteroatoms. The number of carbonyl (C=O) groups is 1. The zero-order valence-corrected chi connectivity index (χ0v) is 17.8. The van der Waals surface area contributed by atoms with Crippen LogP contribution in [0.25, 0.3) is 0 Å². The Morgan fingerprint density at radius 2 is 1.90 bits per heavy atom. The second kappa shape index (κ2) is 6.58. The molecule has 0 amide bonds. The summed E-state index contributed by atoms with van der Waals surface area (Å²) in [7, 11) is 2.17. The average molecular weight is 398 g/mol. The topological polar surface area (TPSA) is 29.5 Å². The van der Waals surface area contributed by atoms with Gasteiger partial charge in [-0.15, -0.1) is 0 Å². The first kappa shape index (κ1) is 19.1. The number of fused-ring (bicyclic) bond motifs is 5. The van der Waals surface area contributed by atoms with E-state index in [0.717, 1.165) is 31.6 Å². The Morgan fingerprint density at radius 3 is 2.66 bits per heavy atom. The molecule has 0 N–H and O–H groups in total. The highest BCUT2D eigenvalue weighted by molar-refractivity contribution is 5.91. The molecule has 3 fully saturated rings. The van der Waals surface area contributed by atoms with Gasteiger partial charge in [0.25, 0.3) is 0 Å². The number of hydrogen-bond donors (Lipinski definition) is 0. The molecule has 1 saturated heterocycles. The predicted molar refractivity (Wildman–Crippen MR) is 111 cm³/mol. The number of nitrogens with zero attached hydrogens (tertiary/aromatic N) is 1. The summed E-state index contributed by atoms with van der Waals surface area (Å²) in [4.78, 5) is 14.5. The second-order valence-electron chi connectivity index (χ2n) is 10.5. The summed E-state index contributed by atoms with van der Waals surface area (Å²) in [5.74, 6) is 2.79. The second-order valence-corrected chi connectivity index (χ2v) is 10.5. The third kappa shape index (κ3) is 3.02. The van der Waals surface area contributed by atoms with Gasteiger partial charge in [-0.2, -0.15) is 0 Å². The van der Waals surface area contributed by atoms with Crippen LogP contribution in [0.5, 0.6) is 5.75 Å². The molecule has 1 heterocycles. The number of carbonyl (C=O) groups excluding carboxylic acids is 1. The van der Waals surface area contributed by atoms with E-state index in [2.05, 4.69) is 25.8 Å². The number of ketones is 1. The third-order valence-electron chi connectivity index (χ3n) is 8.77. The number of piperidine rings is 1. The lowest BCUT2D eigenvalue weighted by atomic mass is 9.50. The number of likely N-dealkylation sites (tertiary alicyclic amines) is 1. The van der Waals surface area contributed by atoms with Crippen molar-refractivity contribution >= 4 is 5.78 Å². The minimum Gasteiger partial charge on any atom is -0.490 e. The first-order valence-corrected chi connectivity index (χ1v) is 11.2. The highest BCUT2D eigenvalue weighted by Crippen LogP contribution is 2.64. The number of allylic oxidation sites excluding steroid dienone is 2. The molecule has 0 aromatic heterocycles. The maximum absolute atomic E-state index is 13.2. The Labute approximate surface area is 173 Å². The van der Waals surface area contributed by atoms with Gasteiger partial charge in [-0.1, -0.05) is 13.8 Å². The van der Waals surface area contributed by atoms with Crippen molar-refractivity contribution in [3.63, 3.8) is 0 Å². The van der Waals surface area contributed by atoms with Crippen LogP contribution >= 0.6 is 0 Å². The SMILES string of the molecule is CN1C[C@@H]2[C@@H](CC[C@]3(C)CC(Oc4ccc(F)cc4)C[C@@H]23)[C@@]2(C)CCC(=O)C=C12. The summed E-state index contributed by atoms with van der Waals surface area (Å²) in [6.45, 7) is 5.91. The van der Waals surface area contributed by atoms with E-state index in [-0.39, 0.29) is 23.1 Å². The van der Waals surface area contributed by atoms with Gasteiger partial charge in [-0.05, 0) is 79.5 Å². The van der Waals surface area contributed by atoms with Crippen molar-refractivity contribution in [3.8, 4) is 5.75 Å². The molecule has 0 bridgehead atoms. The zero-order chi connectivity index (χ0) is 20.4. The van der Waals surface area contributed by atoms with Crippen molar-refractivity contribution in [1.82, 2.24) is 4.90 Å². The Bertz CT molecular complexity index is 849. The normalized spacial score (nSPS) is 41.3. The highest BCUT2D eigenvalue weighted by Gasteiger charge is 2.59. The van der Waals surface area contributed by atoms with Crippen molar-refractivity contribution in [1.29, 1.82) is 0 Å². The molecule has 1 aromatic carbocycles. The molecule has 6 atom stereocenters. The van der Waals surface area contributed by atoms with Gasteiger partial charge in [0.15, 0.2) is 5.78 Å². The van der Waals surface area contributed by atoms with Gasteiger partial charge in [0.05, 0.1) is 6.10 Å². The number of hydrogen-bond acceptors (Lipinski definition) is 3. The lowest BCUT2D eigenvalue weighted by Crippen LogP contribution is -2.56. The van der Waals surface area contributed by atoms with Crippen LogP contribution < -0.4 is 4.74 Å². The van der Waals surface area contributed by atoms with Gasteiger partial charge in [-0.25, -0.2) is 4.39 Å². The fourth-order valence-electron chi connectivity index (χ4n) is 7.36. The van der Waals surface area contributed by atoms with Crippen molar-refractivity contribution in [3.05, 3.63) is 41.9 Å². The van der Waals surface area contributed by atoms with Gasteiger partial charge in [0.2, 0.25) is 0 Å². The summed E-state index contributed by atoms with van der Waals surface area (Å²) in [5, 5.41) is 0. The molecule has 156 valence electrons. The maximum atomic E-state index is 13.2. The maximum Gasteiger partial charge on any atom is 0.157 e. The molecule has 29 heavy (non-hydrogen) atoms. The summed E-state index contributed by atoms with van der Waals surface area (Å²) < 4.78 is 19.5. The van der Waals surface area contributed by atoms with Crippen LogP contribution in [0.3, 0.4) is 0 Å². The molecule has 0 radical (unpaired) electrons. The summed E-state index contributed by atoms with van der Waals surface area (Å²) in [6, 6.07) is 6.44. The van der Waals surface area contributed by atoms with E-state index in [1.54, 1.807) is 12.1 Å². The number of halogens is 1. The van der Waals surface area contributed by atoms with Crippen molar-refractivity contribution in [2.75, 3.05) is 13.6 Å². The quantitative estimate of drug-likeness (QED) is 0.686. The van der Waals surface area contributed by atoms with Gasteiger partial charge < -0.3 is 9.64 Å².